The van der Waals surface area contributed by atoms with E-state index in [2.05, 4.69) is 0 Å². The van der Waals surface area contributed by atoms with Gasteiger partial charge in [0.1, 0.15) is 11.6 Å². The Labute approximate surface area is 101 Å². The van der Waals surface area contributed by atoms with Crippen LogP contribution in [0.3, 0.4) is 0 Å². The van der Waals surface area contributed by atoms with Crippen molar-refractivity contribution in [1.29, 1.82) is 0 Å². The van der Waals surface area contributed by atoms with Crippen molar-refractivity contribution in [2.24, 2.45) is 5.92 Å². The smallest absolute Gasteiger partial charge is 0.137 e. The summed E-state index contributed by atoms with van der Waals surface area (Å²) in [5.74, 6) is 0.450. The van der Waals surface area contributed by atoms with E-state index in [1.165, 1.54) is 12.1 Å². The molecule has 2 nitrogen and oxygen atoms in total. The zero-order valence-corrected chi connectivity index (χ0v) is 9.82. The van der Waals surface area contributed by atoms with Crippen LogP contribution in [0.2, 0.25) is 0 Å². The fourth-order valence-electron chi connectivity index (χ4n) is 2.17. The normalized spacial score (nSPS) is 17.0. The molecule has 0 bridgehead atoms. The molecule has 1 aliphatic rings. The maximum atomic E-state index is 12.7. The minimum Gasteiger partial charge on any atom is -0.381 e. The summed E-state index contributed by atoms with van der Waals surface area (Å²) in [5, 5.41) is 0. The van der Waals surface area contributed by atoms with Gasteiger partial charge in [0.15, 0.2) is 0 Å². The van der Waals surface area contributed by atoms with Crippen LogP contribution >= 0.6 is 0 Å². The highest BCUT2D eigenvalue weighted by molar-refractivity contribution is 5.81. The lowest BCUT2D eigenvalue weighted by atomic mass is 9.92. The number of ether oxygens (including phenoxy) is 1. The molecule has 0 aliphatic carbocycles. The van der Waals surface area contributed by atoms with Crippen molar-refractivity contribution in [2.75, 3.05) is 13.2 Å². The fourth-order valence-corrected chi connectivity index (χ4v) is 2.17. The number of hydrogen-bond acceptors (Lipinski definition) is 2. The maximum absolute atomic E-state index is 12.7. The SMILES string of the molecule is O=C(Cc1ccc(F)cc1)CC1CCOCC1. The molecule has 0 amide bonds. The van der Waals surface area contributed by atoms with E-state index < -0.39 is 0 Å². The molecule has 3 heteroatoms. The molecule has 1 aromatic carbocycles. The number of carbonyl (C=O) groups is 1. The Morgan fingerprint density at radius 2 is 1.88 bits per heavy atom. The topological polar surface area (TPSA) is 26.3 Å². The average Bonchev–Trinajstić information content (AvgIpc) is 2.33. The van der Waals surface area contributed by atoms with Crippen molar-refractivity contribution < 1.29 is 13.9 Å². The van der Waals surface area contributed by atoms with E-state index >= 15 is 0 Å². The van der Waals surface area contributed by atoms with Crippen LogP contribution in [0.1, 0.15) is 24.8 Å². The quantitative estimate of drug-likeness (QED) is 0.803. The van der Waals surface area contributed by atoms with Crippen LogP contribution in [0.15, 0.2) is 24.3 Å². The van der Waals surface area contributed by atoms with Gasteiger partial charge in [0.05, 0.1) is 0 Å². The van der Waals surface area contributed by atoms with E-state index in [0.717, 1.165) is 31.6 Å². The Hall–Kier alpha value is -1.22. The molecule has 2 rings (SSSR count). The molecular formula is C14H17FO2. The van der Waals surface area contributed by atoms with E-state index in [9.17, 15) is 9.18 Å². The molecule has 17 heavy (non-hydrogen) atoms. The molecule has 1 aromatic rings. The second-order valence-corrected chi connectivity index (χ2v) is 4.60. The highest BCUT2D eigenvalue weighted by atomic mass is 19.1. The molecule has 0 saturated carbocycles. The zero-order valence-electron chi connectivity index (χ0n) is 9.82. The lowest BCUT2D eigenvalue weighted by Crippen LogP contribution is -2.19. The van der Waals surface area contributed by atoms with Gasteiger partial charge >= 0.3 is 0 Å². The maximum Gasteiger partial charge on any atom is 0.137 e. The average molecular weight is 236 g/mol. The lowest BCUT2D eigenvalue weighted by molar-refractivity contribution is -0.120. The van der Waals surface area contributed by atoms with Crippen molar-refractivity contribution >= 4 is 5.78 Å². The summed E-state index contributed by atoms with van der Waals surface area (Å²) in [7, 11) is 0. The van der Waals surface area contributed by atoms with E-state index in [-0.39, 0.29) is 11.6 Å². The summed E-state index contributed by atoms with van der Waals surface area (Å²) >= 11 is 0. The standard InChI is InChI=1S/C14H17FO2/c15-13-3-1-11(2-4-13)9-14(16)10-12-5-7-17-8-6-12/h1-4,12H,5-10H2. The van der Waals surface area contributed by atoms with Crippen LogP contribution < -0.4 is 0 Å². The van der Waals surface area contributed by atoms with Gasteiger partial charge in [-0.1, -0.05) is 12.1 Å². The summed E-state index contributed by atoms with van der Waals surface area (Å²) in [6, 6.07) is 6.16. The fraction of sp³-hybridized carbons (Fsp3) is 0.500. The summed E-state index contributed by atoms with van der Waals surface area (Å²) < 4.78 is 18.0. The van der Waals surface area contributed by atoms with Crippen molar-refractivity contribution in [1.82, 2.24) is 0 Å². The first kappa shape index (κ1) is 12.2. The van der Waals surface area contributed by atoms with Crippen molar-refractivity contribution in [3.05, 3.63) is 35.6 Å². The molecule has 0 N–H and O–H groups in total. The van der Waals surface area contributed by atoms with Crippen molar-refractivity contribution in [3.63, 3.8) is 0 Å². The first-order chi connectivity index (χ1) is 8.24. The van der Waals surface area contributed by atoms with Crippen LogP contribution in [0.4, 0.5) is 4.39 Å². The molecule has 0 aromatic heterocycles. The van der Waals surface area contributed by atoms with Gasteiger partial charge in [0.2, 0.25) is 0 Å². The number of carbonyl (C=O) groups excluding carboxylic acids is 1. The van der Waals surface area contributed by atoms with Crippen LogP contribution in [-0.2, 0) is 16.0 Å². The van der Waals surface area contributed by atoms with Crippen LogP contribution in [-0.4, -0.2) is 19.0 Å². The Bertz CT molecular complexity index is 366. The highest BCUT2D eigenvalue weighted by Crippen LogP contribution is 2.19. The molecular weight excluding hydrogens is 219 g/mol. The Kier molecular flexibility index (Phi) is 4.26. The number of Topliss-reactive ketones (excluding diaryl/α,β-unsaturated/α-hetero) is 1. The summed E-state index contributed by atoms with van der Waals surface area (Å²) in [5.41, 5.74) is 0.892. The predicted molar refractivity (Wildman–Crippen MR) is 63.3 cm³/mol. The van der Waals surface area contributed by atoms with Gasteiger partial charge in [-0.25, -0.2) is 4.39 Å². The van der Waals surface area contributed by atoms with E-state index in [0.29, 0.717) is 18.8 Å². The largest absolute Gasteiger partial charge is 0.381 e. The van der Waals surface area contributed by atoms with Gasteiger partial charge < -0.3 is 4.74 Å². The number of ketones is 1. The Morgan fingerprint density at radius 3 is 2.53 bits per heavy atom. The Balaban J connectivity index is 1.82. The first-order valence-corrected chi connectivity index (χ1v) is 6.08. The minimum absolute atomic E-state index is 0.239. The number of rotatable bonds is 4. The zero-order chi connectivity index (χ0) is 12.1. The van der Waals surface area contributed by atoms with Gasteiger partial charge in [0, 0.05) is 26.1 Å². The summed E-state index contributed by atoms with van der Waals surface area (Å²) in [4.78, 5) is 11.8. The van der Waals surface area contributed by atoms with Crippen molar-refractivity contribution in [2.45, 2.75) is 25.7 Å². The third kappa shape index (κ3) is 3.93. The number of benzene rings is 1. The summed E-state index contributed by atoms with van der Waals surface area (Å²) in [6.07, 6.45) is 3.00. The van der Waals surface area contributed by atoms with Gasteiger partial charge in [-0.15, -0.1) is 0 Å². The van der Waals surface area contributed by atoms with Gasteiger partial charge in [-0.2, -0.15) is 0 Å². The minimum atomic E-state index is -0.259. The molecule has 0 atom stereocenters. The predicted octanol–water partition coefficient (Wildman–Crippen LogP) is 2.75. The van der Waals surface area contributed by atoms with E-state index in [1.54, 1.807) is 12.1 Å². The molecule has 1 heterocycles. The Morgan fingerprint density at radius 1 is 1.24 bits per heavy atom. The van der Waals surface area contributed by atoms with Crippen molar-refractivity contribution in [3.8, 4) is 0 Å². The second kappa shape index (κ2) is 5.92. The van der Waals surface area contributed by atoms with E-state index in [1.807, 2.05) is 0 Å². The van der Waals surface area contributed by atoms with Crippen LogP contribution in [0.25, 0.3) is 0 Å². The third-order valence-electron chi connectivity index (χ3n) is 3.17. The molecule has 1 aliphatic heterocycles. The van der Waals surface area contributed by atoms with Crippen LogP contribution in [0.5, 0.6) is 0 Å². The molecule has 1 fully saturated rings. The third-order valence-corrected chi connectivity index (χ3v) is 3.17. The van der Waals surface area contributed by atoms with Gasteiger partial charge in [-0.05, 0) is 36.5 Å². The molecule has 92 valence electrons. The number of hydrogen-bond donors (Lipinski definition) is 0. The molecule has 1 saturated heterocycles. The molecule has 0 unspecified atom stereocenters. The highest BCUT2D eigenvalue weighted by Gasteiger charge is 2.17. The monoisotopic (exact) mass is 236 g/mol. The molecule has 0 radical (unpaired) electrons. The van der Waals surface area contributed by atoms with Gasteiger partial charge in [0.25, 0.3) is 0 Å². The van der Waals surface area contributed by atoms with Gasteiger partial charge in [-0.3, -0.25) is 4.79 Å². The first-order valence-electron chi connectivity index (χ1n) is 6.08. The number of halogens is 1. The second-order valence-electron chi connectivity index (χ2n) is 4.60. The van der Waals surface area contributed by atoms with Crippen LogP contribution in [0, 0.1) is 11.7 Å². The molecule has 0 spiro atoms. The lowest BCUT2D eigenvalue weighted by Gasteiger charge is -2.21. The summed E-state index contributed by atoms with van der Waals surface area (Å²) in [6.45, 7) is 1.54. The van der Waals surface area contributed by atoms with E-state index in [4.69, 9.17) is 4.74 Å².